The molecular formula is C21H31N3O2. The van der Waals surface area contributed by atoms with Crippen LogP contribution in [-0.2, 0) is 9.59 Å². The maximum absolute atomic E-state index is 12.6. The van der Waals surface area contributed by atoms with Crippen molar-refractivity contribution in [3.05, 3.63) is 29.3 Å². The molecule has 5 nitrogen and oxygen atoms in total. The number of piperidine rings is 1. The molecule has 1 aromatic carbocycles. The highest BCUT2D eigenvalue weighted by Gasteiger charge is 2.32. The van der Waals surface area contributed by atoms with E-state index in [2.05, 4.69) is 23.2 Å². The topological polar surface area (TPSA) is 52.7 Å². The number of carbonyl (C=O) groups is 2. The Kier molecular flexibility index (Phi) is 5.97. The monoisotopic (exact) mass is 357 g/mol. The minimum atomic E-state index is -0.182. The van der Waals surface area contributed by atoms with Crippen LogP contribution < -0.4 is 5.32 Å². The van der Waals surface area contributed by atoms with Crippen LogP contribution in [0.3, 0.4) is 0 Å². The molecule has 1 unspecified atom stereocenters. The zero-order valence-electron chi connectivity index (χ0n) is 16.3. The summed E-state index contributed by atoms with van der Waals surface area (Å²) in [7, 11) is 0. The summed E-state index contributed by atoms with van der Waals surface area (Å²) in [5.74, 6) is 0.495. The molecule has 2 saturated heterocycles. The maximum atomic E-state index is 12.6. The SMILES string of the molecule is Cc1ccc(NC(=O)C(C)N2CCC(C(=O)N3CCCC3)CC2)c(C)c1. The van der Waals surface area contributed by atoms with E-state index in [0.29, 0.717) is 5.91 Å². The van der Waals surface area contributed by atoms with Gasteiger partial charge in [0.25, 0.3) is 0 Å². The normalized spacial score (nSPS) is 20.2. The van der Waals surface area contributed by atoms with Gasteiger partial charge in [0.05, 0.1) is 6.04 Å². The predicted octanol–water partition coefficient (Wildman–Crippen LogP) is 2.96. The van der Waals surface area contributed by atoms with Crippen LogP contribution in [0.1, 0.15) is 43.7 Å². The molecule has 2 aliphatic rings. The van der Waals surface area contributed by atoms with Crippen LogP contribution in [0.15, 0.2) is 18.2 Å². The zero-order valence-corrected chi connectivity index (χ0v) is 16.3. The maximum Gasteiger partial charge on any atom is 0.241 e. The van der Waals surface area contributed by atoms with Crippen LogP contribution in [0.4, 0.5) is 5.69 Å². The second-order valence-corrected chi connectivity index (χ2v) is 7.83. The van der Waals surface area contributed by atoms with Crippen molar-refractivity contribution in [1.29, 1.82) is 0 Å². The second-order valence-electron chi connectivity index (χ2n) is 7.83. The van der Waals surface area contributed by atoms with Gasteiger partial charge in [0.1, 0.15) is 0 Å². The van der Waals surface area contributed by atoms with Gasteiger partial charge in [-0.3, -0.25) is 14.5 Å². The molecule has 0 spiro atoms. The lowest BCUT2D eigenvalue weighted by Crippen LogP contribution is -2.48. The highest BCUT2D eigenvalue weighted by Crippen LogP contribution is 2.24. The average Bonchev–Trinajstić information content (AvgIpc) is 3.17. The van der Waals surface area contributed by atoms with Crippen molar-refractivity contribution < 1.29 is 9.59 Å². The number of likely N-dealkylation sites (tertiary alicyclic amines) is 2. The Bertz CT molecular complexity index is 659. The lowest BCUT2D eigenvalue weighted by molar-refractivity contribution is -0.136. The highest BCUT2D eigenvalue weighted by molar-refractivity contribution is 5.95. The molecule has 2 amide bonds. The second kappa shape index (κ2) is 8.21. The van der Waals surface area contributed by atoms with Gasteiger partial charge >= 0.3 is 0 Å². The summed E-state index contributed by atoms with van der Waals surface area (Å²) < 4.78 is 0. The number of nitrogens with one attached hydrogen (secondary N) is 1. The van der Waals surface area contributed by atoms with Crippen molar-refractivity contribution in [1.82, 2.24) is 9.80 Å². The number of rotatable bonds is 4. The minimum Gasteiger partial charge on any atom is -0.342 e. The van der Waals surface area contributed by atoms with E-state index in [9.17, 15) is 9.59 Å². The summed E-state index contributed by atoms with van der Waals surface area (Å²) in [6.07, 6.45) is 3.99. The summed E-state index contributed by atoms with van der Waals surface area (Å²) in [6, 6.07) is 5.88. The number of aryl methyl sites for hydroxylation is 2. The number of amides is 2. The Labute approximate surface area is 156 Å². The molecular weight excluding hydrogens is 326 g/mol. The Morgan fingerprint density at radius 1 is 1.08 bits per heavy atom. The van der Waals surface area contributed by atoms with Gasteiger partial charge < -0.3 is 10.2 Å². The van der Waals surface area contributed by atoms with E-state index < -0.39 is 0 Å². The summed E-state index contributed by atoms with van der Waals surface area (Å²) in [5, 5.41) is 3.06. The molecule has 2 fully saturated rings. The molecule has 5 heteroatoms. The average molecular weight is 357 g/mol. The summed E-state index contributed by atoms with van der Waals surface area (Å²) in [4.78, 5) is 29.4. The molecule has 142 valence electrons. The number of hydrogen-bond donors (Lipinski definition) is 1. The molecule has 0 aromatic heterocycles. The summed E-state index contributed by atoms with van der Waals surface area (Å²) in [5.41, 5.74) is 3.16. The van der Waals surface area contributed by atoms with Crippen molar-refractivity contribution in [2.75, 3.05) is 31.5 Å². The highest BCUT2D eigenvalue weighted by atomic mass is 16.2. The van der Waals surface area contributed by atoms with Crippen LogP contribution in [0.5, 0.6) is 0 Å². The first-order valence-corrected chi connectivity index (χ1v) is 9.86. The van der Waals surface area contributed by atoms with Gasteiger partial charge in [-0.25, -0.2) is 0 Å². The molecule has 0 radical (unpaired) electrons. The van der Waals surface area contributed by atoms with E-state index in [0.717, 1.165) is 63.1 Å². The van der Waals surface area contributed by atoms with E-state index in [1.807, 2.05) is 30.9 Å². The minimum absolute atomic E-state index is 0.0290. The fourth-order valence-electron chi connectivity index (χ4n) is 4.09. The third-order valence-corrected chi connectivity index (χ3v) is 5.86. The van der Waals surface area contributed by atoms with Gasteiger partial charge in [-0.05, 0) is 71.2 Å². The lowest BCUT2D eigenvalue weighted by atomic mass is 9.94. The smallest absolute Gasteiger partial charge is 0.241 e. The van der Waals surface area contributed by atoms with E-state index in [-0.39, 0.29) is 17.9 Å². The third-order valence-electron chi connectivity index (χ3n) is 5.86. The van der Waals surface area contributed by atoms with Crippen molar-refractivity contribution >= 4 is 17.5 Å². The molecule has 1 aromatic rings. The Morgan fingerprint density at radius 2 is 1.73 bits per heavy atom. The Balaban J connectivity index is 1.51. The molecule has 0 bridgehead atoms. The van der Waals surface area contributed by atoms with Crippen LogP contribution in [0.25, 0.3) is 0 Å². The van der Waals surface area contributed by atoms with Gasteiger partial charge in [0.15, 0.2) is 0 Å². The molecule has 2 heterocycles. The number of hydrogen-bond acceptors (Lipinski definition) is 3. The molecule has 3 rings (SSSR count). The van der Waals surface area contributed by atoms with Gasteiger partial charge in [-0.1, -0.05) is 17.7 Å². The summed E-state index contributed by atoms with van der Waals surface area (Å²) >= 11 is 0. The number of nitrogens with zero attached hydrogens (tertiary/aromatic N) is 2. The fraction of sp³-hybridized carbons (Fsp3) is 0.619. The van der Waals surface area contributed by atoms with Crippen molar-refractivity contribution in [2.24, 2.45) is 5.92 Å². The lowest BCUT2D eigenvalue weighted by Gasteiger charge is -2.36. The fourth-order valence-corrected chi connectivity index (χ4v) is 4.09. The molecule has 1 atom stereocenters. The summed E-state index contributed by atoms with van der Waals surface area (Å²) in [6.45, 7) is 9.50. The molecule has 0 aliphatic carbocycles. The Hall–Kier alpha value is -1.88. The molecule has 26 heavy (non-hydrogen) atoms. The Morgan fingerprint density at radius 3 is 2.35 bits per heavy atom. The van der Waals surface area contributed by atoms with Gasteiger partial charge in [-0.2, -0.15) is 0 Å². The molecule has 0 saturated carbocycles. The van der Waals surface area contributed by atoms with Crippen LogP contribution in [-0.4, -0.2) is 53.8 Å². The van der Waals surface area contributed by atoms with E-state index >= 15 is 0 Å². The van der Waals surface area contributed by atoms with E-state index in [1.54, 1.807) is 0 Å². The molecule has 1 N–H and O–H groups in total. The van der Waals surface area contributed by atoms with Crippen molar-refractivity contribution in [3.8, 4) is 0 Å². The van der Waals surface area contributed by atoms with Crippen molar-refractivity contribution in [2.45, 2.75) is 52.5 Å². The molecule has 2 aliphatic heterocycles. The quantitative estimate of drug-likeness (QED) is 0.901. The zero-order chi connectivity index (χ0) is 18.7. The first-order chi connectivity index (χ1) is 12.5. The largest absolute Gasteiger partial charge is 0.342 e. The van der Waals surface area contributed by atoms with Crippen LogP contribution in [0.2, 0.25) is 0 Å². The predicted molar refractivity (Wildman–Crippen MR) is 104 cm³/mol. The van der Waals surface area contributed by atoms with Crippen LogP contribution >= 0.6 is 0 Å². The van der Waals surface area contributed by atoms with Gasteiger partial charge in [-0.15, -0.1) is 0 Å². The van der Waals surface area contributed by atoms with E-state index in [1.165, 1.54) is 5.56 Å². The number of benzene rings is 1. The number of anilines is 1. The third kappa shape index (κ3) is 4.26. The van der Waals surface area contributed by atoms with E-state index in [4.69, 9.17) is 0 Å². The van der Waals surface area contributed by atoms with Gasteiger partial charge in [0, 0.05) is 24.7 Å². The van der Waals surface area contributed by atoms with Crippen LogP contribution in [0, 0.1) is 19.8 Å². The first-order valence-electron chi connectivity index (χ1n) is 9.86. The first kappa shape index (κ1) is 18.9. The number of carbonyl (C=O) groups excluding carboxylic acids is 2. The van der Waals surface area contributed by atoms with Gasteiger partial charge in [0.2, 0.25) is 11.8 Å². The standard InChI is InChI=1S/C21H31N3O2/c1-15-6-7-19(16(2)14-15)22-20(25)17(3)23-12-8-18(9-13-23)21(26)24-10-4-5-11-24/h6-7,14,17-18H,4-5,8-13H2,1-3H3,(H,22,25). The van der Waals surface area contributed by atoms with Crippen molar-refractivity contribution in [3.63, 3.8) is 0 Å².